The minimum Gasteiger partial charge on any atom is -0.384 e. The Morgan fingerprint density at radius 1 is 1.39 bits per heavy atom. The van der Waals surface area contributed by atoms with E-state index in [1.807, 2.05) is 31.2 Å². The molecule has 9 nitrogen and oxygen atoms in total. The number of aryl methyl sites for hydroxylation is 1. The number of aromatic amines is 1. The van der Waals surface area contributed by atoms with Crippen LogP contribution in [0.25, 0.3) is 11.4 Å². The molecule has 0 radical (unpaired) electrons. The molecule has 0 fully saturated rings. The normalized spacial score (nSPS) is 12.0. The first-order valence-electron chi connectivity index (χ1n) is 8.76. The molecule has 28 heavy (non-hydrogen) atoms. The molecule has 1 atom stereocenters. The van der Waals surface area contributed by atoms with Gasteiger partial charge >= 0.3 is 0 Å². The predicted octanol–water partition coefficient (Wildman–Crippen LogP) is 1.81. The number of ether oxygens (including phenoxy) is 1. The highest BCUT2D eigenvalue weighted by atomic mass is 16.5. The molecule has 9 heteroatoms. The van der Waals surface area contributed by atoms with Crippen LogP contribution >= 0.6 is 0 Å². The maximum absolute atomic E-state index is 12.4. The lowest BCUT2D eigenvalue weighted by Crippen LogP contribution is -2.32. The molecule has 0 aliphatic carbocycles. The van der Waals surface area contributed by atoms with Crippen LogP contribution in [0, 0.1) is 6.92 Å². The van der Waals surface area contributed by atoms with Crippen molar-refractivity contribution in [1.29, 1.82) is 0 Å². The Bertz CT molecular complexity index is 1030. The molecule has 0 aliphatic rings. The first-order valence-corrected chi connectivity index (χ1v) is 8.76. The summed E-state index contributed by atoms with van der Waals surface area (Å²) in [4.78, 5) is 35.9. The topological polar surface area (TPSA) is 123 Å². The van der Waals surface area contributed by atoms with Crippen molar-refractivity contribution in [2.45, 2.75) is 26.3 Å². The van der Waals surface area contributed by atoms with E-state index in [-0.39, 0.29) is 11.5 Å². The van der Waals surface area contributed by atoms with E-state index in [4.69, 9.17) is 9.26 Å². The summed E-state index contributed by atoms with van der Waals surface area (Å²) in [6, 6.07) is 6.99. The summed E-state index contributed by atoms with van der Waals surface area (Å²) in [6.45, 7) is 4.10. The van der Waals surface area contributed by atoms with E-state index in [0.29, 0.717) is 24.7 Å². The Morgan fingerprint density at radius 3 is 2.93 bits per heavy atom. The molecule has 0 saturated heterocycles. The van der Waals surface area contributed by atoms with Gasteiger partial charge < -0.3 is 19.6 Å². The second-order valence-corrected chi connectivity index (χ2v) is 6.33. The predicted molar refractivity (Wildman–Crippen MR) is 101 cm³/mol. The zero-order valence-corrected chi connectivity index (χ0v) is 15.9. The molecule has 3 aromatic rings. The monoisotopic (exact) mass is 383 g/mol. The number of H-pyrrole nitrogens is 1. The number of hydrogen-bond donors (Lipinski definition) is 2. The number of rotatable bonds is 7. The number of aromatic nitrogens is 4. The molecular formula is C19H21N5O4. The van der Waals surface area contributed by atoms with Crippen LogP contribution in [0.2, 0.25) is 0 Å². The lowest BCUT2D eigenvalue weighted by atomic mass is 10.1. The number of nitrogens with zero attached hydrogens (tertiary/aromatic N) is 3. The van der Waals surface area contributed by atoms with E-state index >= 15 is 0 Å². The molecule has 2 heterocycles. The van der Waals surface area contributed by atoms with Gasteiger partial charge in [-0.3, -0.25) is 9.59 Å². The van der Waals surface area contributed by atoms with Gasteiger partial charge in [0, 0.05) is 25.3 Å². The number of amides is 1. The van der Waals surface area contributed by atoms with E-state index in [9.17, 15) is 9.59 Å². The van der Waals surface area contributed by atoms with Gasteiger partial charge in [-0.25, -0.2) is 4.98 Å². The number of nitrogens with one attached hydrogen (secondary N) is 2. The van der Waals surface area contributed by atoms with Gasteiger partial charge in [-0.2, -0.15) is 4.98 Å². The minimum atomic E-state index is -0.575. The smallest absolute Gasteiger partial charge is 0.264 e. The van der Waals surface area contributed by atoms with Gasteiger partial charge in [-0.05, 0) is 19.9 Å². The second-order valence-electron chi connectivity index (χ2n) is 6.33. The van der Waals surface area contributed by atoms with Crippen molar-refractivity contribution < 1.29 is 14.1 Å². The summed E-state index contributed by atoms with van der Waals surface area (Å²) >= 11 is 0. The highest BCUT2D eigenvalue weighted by Gasteiger charge is 2.20. The van der Waals surface area contributed by atoms with E-state index in [0.717, 1.165) is 11.1 Å². The summed E-state index contributed by atoms with van der Waals surface area (Å²) in [5.74, 6) is 0.562. The fraction of sp³-hybridized carbons (Fsp3) is 0.316. The number of hydrogen-bond acceptors (Lipinski definition) is 7. The molecule has 0 bridgehead atoms. The lowest BCUT2D eigenvalue weighted by Gasteiger charge is -2.09. The lowest BCUT2D eigenvalue weighted by molar-refractivity contribution is 0.0930. The van der Waals surface area contributed by atoms with E-state index < -0.39 is 17.5 Å². The number of methoxy groups -OCH3 is 1. The van der Waals surface area contributed by atoms with Crippen molar-refractivity contribution in [3.05, 3.63) is 63.7 Å². The van der Waals surface area contributed by atoms with Gasteiger partial charge in [0.25, 0.3) is 11.5 Å². The van der Waals surface area contributed by atoms with Gasteiger partial charge in [0.15, 0.2) is 5.82 Å². The number of carbonyl (C=O) groups is 1. The zero-order chi connectivity index (χ0) is 20.1. The first-order chi connectivity index (χ1) is 13.5. The van der Waals surface area contributed by atoms with Gasteiger partial charge in [-0.1, -0.05) is 28.9 Å². The molecule has 2 N–H and O–H groups in total. The molecule has 3 rings (SSSR count). The SMILES string of the molecule is COCCc1noc(C(C)NC(=O)c2cnc(-c3cccc(C)c3)[nH]c2=O)n1. The minimum absolute atomic E-state index is 0.0950. The van der Waals surface area contributed by atoms with Gasteiger partial charge in [0.2, 0.25) is 5.89 Å². The highest BCUT2D eigenvalue weighted by Crippen LogP contribution is 2.15. The van der Waals surface area contributed by atoms with Crippen molar-refractivity contribution in [2.24, 2.45) is 0 Å². The Labute approximate surface area is 161 Å². The summed E-state index contributed by atoms with van der Waals surface area (Å²) in [7, 11) is 1.58. The standard InChI is InChI=1S/C19H21N5O4/c1-11-5-4-6-13(9-11)16-20-10-14(18(26)23-16)17(25)21-12(2)19-22-15(24-28-19)7-8-27-3/h4-6,9-10,12H,7-8H2,1-3H3,(H,21,25)(H,20,23,26). The molecule has 0 aliphatic heterocycles. The van der Waals surface area contributed by atoms with Crippen LogP contribution in [0.1, 0.15) is 40.6 Å². The maximum Gasteiger partial charge on any atom is 0.264 e. The Morgan fingerprint density at radius 2 is 2.21 bits per heavy atom. The fourth-order valence-corrected chi connectivity index (χ4v) is 2.57. The van der Waals surface area contributed by atoms with E-state index in [2.05, 4.69) is 25.4 Å². The largest absolute Gasteiger partial charge is 0.384 e. The third-order valence-electron chi connectivity index (χ3n) is 4.07. The number of benzene rings is 1. The van der Waals surface area contributed by atoms with Crippen LogP contribution < -0.4 is 10.9 Å². The van der Waals surface area contributed by atoms with Crippen molar-refractivity contribution >= 4 is 5.91 Å². The molecular weight excluding hydrogens is 362 g/mol. The average Bonchev–Trinajstić information content (AvgIpc) is 3.15. The van der Waals surface area contributed by atoms with Crippen LogP contribution in [-0.4, -0.2) is 39.7 Å². The average molecular weight is 383 g/mol. The third kappa shape index (κ3) is 4.49. The Balaban J connectivity index is 1.72. The van der Waals surface area contributed by atoms with Crippen LogP contribution in [0.4, 0.5) is 0 Å². The first kappa shape index (κ1) is 19.4. The quantitative estimate of drug-likeness (QED) is 0.638. The summed E-state index contributed by atoms with van der Waals surface area (Å²) < 4.78 is 10.1. The molecule has 0 saturated carbocycles. The molecule has 146 valence electrons. The molecule has 1 aromatic carbocycles. The molecule has 1 unspecified atom stereocenters. The summed E-state index contributed by atoms with van der Waals surface area (Å²) in [6.07, 6.45) is 1.76. The Kier molecular flexibility index (Phi) is 5.95. The van der Waals surface area contributed by atoms with Crippen molar-refractivity contribution in [3.63, 3.8) is 0 Å². The Hall–Kier alpha value is -3.33. The molecule has 2 aromatic heterocycles. The maximum atomic E-state index is 12.4. The second kappa shape index (κ2) is 8.57. The van der Waals surface area contributed by atoms with Gasteiger partial charge in [0.05, 0.1) is 6.61 Å². The third-order valence-corrected chi connectivity index (χ3v) is 4.07. The number of carbonyl (C=O) groups excluding carboxylic acids is 1. The fourth-order valence-electron chi connectivity index (χ4n) is 2.57. The van der Waals surface area contributed by atoms with E-state index in [1.54, 1.807) is 14.0 Å². The summed E-state index contributed by atoms with van der Waals surface area (Å²) in [5.41, 5.74) is 1.19. The summed E-state index contributed by atoms with van der Waals surface area (Å²) in [5, 5.41) is 6.49. The highest BCUT2D eigenvalue weighted by molar-refractivity contribution is 5.93. The van der Waals surface area contributed by atoms with Crippen LogP contribution in [0.5, 0.6) is 0 Å². The van der Waals surface area contributed by atoms with Crippen LogP contribution in [0.15, 0.2) is 39.8 Å². The van der Waals surface area contributed by atoms with Crippen molar-refractivity contribution in [3.8, 4) is 11.4 Å². The van der Waals surface area contributed by atoms with Crippen molar-refractivity contribution in [2.75, 3.05) is 13.7 Å². The van der Waals surface area contributed by atoms with Crippen LogP contribution in [0.3, 0.4) is 0 Å². The van der Waals surface area contributed by atoms with Gasteiger partial charge in [0.1, 0.15) is 17.4 Å². The van der Waals surface area contributed by atoms with Crippen LogP contribution in [-0.2, 0) is 11.2 Å². The molecule has 1 amide bonds. The van der Waals surface area contributed by atoms with E-state index in [1.165, 1.54) is 6.20 Å². The van der Waals surface area contributed by atoms with Gasteiger partial charge in [-0.15, -0.1) is 0 Å². The zero-order valence-electron chi connectivity index (χ0n) is 15.9. The molecule has 0 spiro atoms. The van der Waals surface area contributed by atoms with Crippen molar-refractivity contribution in [1.82, 2.24) is 25.4 Å².